The molecular weight excluding hydrogens is 426 g/mol. The number of fused-ring (bicyclic) bond motifs is 3. The number of aromatic nitrogens is 2. The first-order valence-corrected chi connectivity index (χ1v) is 10.9. The highest BCUT2D eigenvalue weighted by Crippen LogP contribution is 2.34. The van der Waals surface area contributed by atoms with E-state index in [1.807, 2.05) is 0 Å². The van der Waals surface area contributed by atoms with Crippen LogP contribution in [0.5, 0.6) is 11.5 Å². The Balaban J connectivity index is 1.31. The quantitative estimate of drug-likeness (QED) is 0.610. The van der Waals surface area contributed by atoms with Crippen molar-refractivity contribution in [3.05, 3.63) is 58.1 Å². The normalized spacial score (nSPS) is 15.4. The minimum atomic E-state index is -1.04. The molecule has 1 aromatic heterocycles. The number of amides is 1. The van der Waals surface area contributed by atoms with Gasteiger partial charge in [-0.15, -0.1) is 0 Å². The standard InChI is InChI=1S/C24H23N3O6/c1-14(22(28)25-16-7-9-19-20(12-16)32-13-31-19)33-24(30)15-6-8-17-18(11-15)26-21-5-3-2-4-10-27(21)23(17)29/h6-9,11-12,14H,2-5,10,13H2,1H3,(H,25,28)/t14-/m0/s1. The van der Waals surface area contributed by atoms with Crippen molar-refractivity contribution in [1.29, 1.82) is 0 Å². The van der Waals surface area contributed by atoms with Crippen molar-refractivity contribution >= 4 is 28.5 Å². The Morgan fingerprint density at radius 3 is 2.82 bits per heavy atom. The lowest BCUT2D eigenvalue weighted by molar-refractivity contribution is -0.123. The highest BCUT2D eigenvalue weighted by atomic mass is 16.7. The van der Waals surface area contributed by atoms with Gasteiger partial charge in [-0.1, -0.05) is 6.42 Å². The maximum absolute atomic E-state index is 12.9. The summed E-state index contributed by atoms with van der Waals surface area (Å²) >= 11 is 0. The summed E-state index contributed by atoms with van der Waals surface area (Å²) in [5.74, 6) is 0.739. The second-order valence-electron chi connectivity index (χ2n) is 8.13. The molecule has 0 saturated heterocycles. The van der Waals surface area contributed by atoms with E-state index >= 15 is 0 Å². The fourth-order valence-corrected chi connectivity index (χ4v) is 4.05. The summed E-state index contributed by atoms with van der Waals surface area (Å²) in [4.78, 5) is 42.7. The van der Waals surface area contributed by atoms with E-state index in [0.29, 0.717) is 34.6 Å². The lowest BCUT2D eigenvalue weighted by atomic mass is 10.1. The summed E-state index contributed by atoms with van der Waals surface area (Å²) in [5.41, 5.74) is 1.10. The summed E-state index contributed by atoms with van der Waals surface area (Å²) in [5, 5.41) is 3.16. The van der Waals surface area contributed by atoms with Gasteiger partial charge >= 0.3 is 5.97 Å². The zero-order chi connectivity index (χ0) is 22.9. The maximum atomic E-state index is 12.9. The average molecular weight is 449 g/mol. The lowest BCUT2D eigenvalue weighted by Crippen LogP contribution is -2.30. The summed E-state index contributed by atoms with van der Waals surface area (Å²) in [6, 6.07) is 9.69. The van der Waals surface area contributed by atoms with E-state index in [1.54, 1.807) is 34.9 Å². The first-order chi connectivity index (χ1) is 16.0. The third-order valence-electron chi connectivity index (χ3n) is 5.85. The summed E-state index contributed by atoms with van der Waals surface area (Å²) in [6.07, 6.45) is 2.69. The van der Waals surface area contributed by atoms with Crippen LogP contribution in [0.3, 0.4) is 0 Å². The Hall–Kier alpha value is -3.88. The molecule has 0 fully saturated rings. The number of hydrogen-bond donors (Lipinski definition) is 1. The van der Waals surface area contributed by atoms with Crippen molar-refractivity contribution in [3.8, 4) is 11.5 Å². The maximum Gasteiger partial charge on any atom is 0.338 e. The number of ether oxygens (including phenoxy) is 3. The fourth-order valence-electron chi connectivity index (χ4n) is 4.05. The molecule has 0 spiro atoms. The first-order valence-electron chi connectivity index (χ1n) is 10.9. The summed E-state index contributed by atoms with van der Waals surface area (Å²) < 4.78 is 17.6. The second kappa shape index (κ2) is 8.57. The second-order valence-corrected chi connectivity index (χ2v) is 8.13. The number of rotatable bonds is 4. The lowest BCUT2D eigenvalue weighted by Gasteiger charge is -2.14. The zero-order valence-corrected chi connectivity index (χ0v) is 18.1. The Bertz CT molecular complexity index is 1320. The van der Waals surface area contributed by atoms with Gasteiger partial charge in [0.25, 0.3) is 11.5 Å². The molecule has 1 atom stereocenters. The molecule has 9 heteroatoms. The summed E-state index contributed by atoms with van der Waals surface area (Å²) in [6.45, 7) is 2.29. The molecule has 2 aliphatic rings. The van der Waals surface area contributed by atoms with Crippen LogP contribution in [-0.4, -0.2) is 34.3 Å². The van der Waals surface area contributed by atoms with Gasteiger partial charge in [-0.3, -0.25) is 14.2 Å². The van der Waals surface area contributed by atoms with Crippen LogP contribution in [0.1, 0.15) is 42.4 Å². The van der Waals surface area contributed by atoms with E-state index in [4.69, 9.17) is 14.2 Å². The van der Waals surface area contributed by atoms with Gasteiger partial charge in [0, 0.05) is 24.7 Å². The van der Waals surface area contributed by atoms with Crippen LogP contribution in [0.25, 0.3) is 10.9 Å². The van der Waals surface area contributed by atoms with E-state index in [9.17, 15) is 14.4 Å². The monoisotopic (exact) mass is 449 g/mol. The number of nitrogens with one attached hydrogen (secondary N) is 1. The minimum absolute atomic E-state index is 0.0895. The number of benzene rings is 2. The van der Waals surface area contributed by atoms with Crippen LogP contribution in [0.4, 0.5) is 5.69 Å². The number of aryl methyl sites for hydroxylation is 1. The van der Waals surface area contributed by atoms with Gasteiger partial charge in [0.1, 0.15) is 5.82 Å². The average Bonchev–Trinajstić information content (AvgIpc) is 3.15. The van der Waals surface area contributed by atoms with Crippen molar-refractivity contribution in [2.24, 2.45) is 0 Å². The third-order valence-corrected chi connectivity index (χ3v) is 5.85. The van der Waals surface area contributed by atoms with Crippen LogP contribution < -0.4 is 20.3 Å². The number of hydrogen-bond acceptors (Lipinski definition) is 7. The van der Waals surface area contributed by atoms with E-state index in [-0.39, 0.29) is 17.9 Å². The van der Waals surface area contributed by atoms with Gasteiger partial charge in [0.15, 0.2) is 17.6 Å². The zero-order valence-electron chi connectivity index (χ0n) is 18.1. The van der Waals surface area contributed by atoms with Gasteiger partial charge in [0.05, 0.1) is 16.5 Å². The number of carbonyl (C=O) groups is 2. The molecule has 0 radical (unpaired) electrons. The minimum Gasteiger partial charge on any atom is -0.454 e. The molecule has 33 heavy (non-hydrogen) atoms. The Morgan fingerprint density at radius 1 is 1.09 bits per heavy atom. The Kier molecular flexibility index (Phi) is 5.45. The first kappa shape index (κ1) is 21.0. The van der Waals surface area contributed by atoms with Crippen LogP contribution in [0.2, 0.25) is 0 Å². The Morgan fingerprint density at radius 2 is 1.94 bits per heavy atom. The summed E-state index contributed by atoms with van der Waals surface area (Å²) in [7, 11) is 0. The SMILES string of the molecule is C[C@H](OC(=O)c1ccc2c(=O)n3c(nc2c1)CCCCC3)C(=O)Nc1ccc2c(c1)OCO2. The van der Waals surface area contributed by atoms with Crippen LogP contribution in [-0.2, 0) is 22.5 Å². The molecule has 1 N–H and O–H groups in total. The predicted molar refractivity (Wildman–Crippen MR) is 120 cm³/mol. The van der Waals surface area contributed by atoms with E-state index in [1.165, 1.54) is 13.0 Å². The molecule has 0 aliphatic carbocycles. The van der Waals surface area contributed by atoms with Crippen molar-refractivity contribution in [2.75, 3.05) is 12.1 Å². The highest BCUT2D eigenvalue weighted by Gasteiger charge is 2.22. The van der Waals surface area contributed by atoms with E-state index in [2.05, 4.69) is 10.3 Å². The van der Waals surface area contributed by atoms with Crippen molar-refractivity contribution in [1.82, 2.24) is 9.55 Å². The van der Waals surface area contributed by atoms with Crippen LogP contribution in [0, 0.1) is 0 Å². The molecule has 2 aromatic carbocycles. The van der Waals surface area contributed by atoms with Gasteiger partial charge < -0.3 is 19.5 Å². The molecular formula is C24H23N3O6. The third kappa shape index (κ3) is 4.13. The van der Waals surface area contributed by atoms with Gasteiger partial charge in [0.2, 0.25) is 6.79 Å². The molecule has 0 bridgehead atoms. The predicted octanol–water partition coefficient (Wildman–Crippen LogP) is 3.04. The van der Waals surface area contributed by atoms with Crippen LogP contribution >= 0.6 is 0 Å². The fraction of sp³-hybridized carbons (Fsp3) is 0.333. The van der Waals surface area contributed by atoms with Gasteiger partial charge in [-0.2, -0.15) is 0 Å². The smallest absolute Gasteiger partial charge is 0.338 e. The van der Waals surface area contributed by atoms with Crippen molar-refractivity contribution in [2.45, 2.75) is 45.3 Å². The molecule has 9 nitrogen and oxygen atoms in total. The molecule has 0 saturated carbocycles. The van der Waals surface area contributed by atoms with Crippen molar-refractivity contribution < 1.29 is 23.8 Å². The van der Waals surface area contributed by atoms with E-state index in [0.717, 1.165) is 31.5 Å². The number of carbonyl (C=O) groups excluding carboxylic acids is 2. The van der Waals surface area contributed by atoms with E-state index < -0.39 is 18.0 Å². The van der Waals surface area contributed by atoms with Crippen molar-refractivity contribution in [3.63, 3.8) is 0 Å². The largest absolute Gasteiger partial charge is 0.454 e. The number of nitrogens with zero attached hydrogens (tertiary/aromatic N) is 2. The molecule has 1 amide bonds. The molecule has 0 unspecified atom stereocenters. The molecule has 3 heterocycles. The van der Waals surface area contributed by atoms with Gasteiger partial charge in [-0.25, -0.2) is 9.78 Å². The molecule has 3 aromatic rings. The highest BCUT2D eigenvalue weighted by molar-refractivity contribution is 5.98. The molecule has 2 aliphatic heterocycles. The number of esters is 1. The molecule has 170 valence electrons. The van der Waals surface area contributed by atoms with Gasteiger partial charge in [-0.05, 0) is 50.1 Å². The molecule has 5 rings (SSSR count). The number of anilines is 1. The van der Waals surface area contributed by atoms with Crippen LogP contribution in [0.15, 0.2) is 41.2 Å². The Labute approximate surface area is 189 Å². The topological polar surface area (TPSA) is 109 Å².